The number of hydrogen-bond acceptors (Lipinski definition) is 8. The van der Waals surface area contributed by atoms with Crippen molar-refractivity contribution >= 4 is 28.7 Å². The lowest BCUT2D eigenvalue weighted by molar-refractivity contribution is 0.0682. The van der Waals surface area contributed by atoms with Crippen molar-refractivity contribution in [3.05, 3.63) is 58.8 Å². The average molecular weight is 469 g/mol. The van der Waals surface area contributed by atoms with Crippen molar-refractivity contribution in [3.63, 3.8) is 0 Å². The predicted molar refractivity (Wildman–Crippen MR) is 124 cm³/mol. The monoisotopic (exact) mass is 468 g/mol. The highest BCUT2D eigenvalue weighted by Gasteiger charge is 2.25. The number of nitrogens with zero attached hydrogens (tertiary/aromatic N) is 4. The highest BCUT2D eigenvalue weighted by atomic mass is 32.1. The first-order valence-corrected chi connectivity index (χ1v) is 11.1. The quantitative estimate of drug-likeness (QED) is 0.372. The van der Waals surface area contributed by atoms with Gasteiger partial charge in [-0.15, -0.1) is 5.10 Å². The zero-order valence-corrected chi connectivity index (χ0v) is 19.4. The number of carbonyl (C=O) groups is 1. The molecule has 0 fully saturated rings. The second-order valence-electron chi connectivity index (χ2n) is 7.39. The molecule has 0 amide bonds. The van der Waals surface area contributed by atoms with Gasteiger partial charge in [-0.3, -0.25) is 0 Å². The molecule has 1 N–H and O–H groups in total. The molecular weight excluding hydrogens is 444 g/mol. The van der Waals surface area contributed by atoms with Gasteiger partial charge in [-0.1, -0.05) is 13.0 Å². The molecule has 0 saturated carbocycles. The van der Waals surface area contributed by atoms with Crippen LogP contribution in [0, 0.1) is 0 Å². The normalized spacial score (nSPS) is 11.0. The average Bonchev–Trinajstić information content (AvgIpc) is 3.42. The predicted octanol–water partition coefficient (Wildman–Crippen LogP) is 4.03. The number of aromatic nitrogens is 4. The largest absolute Gasteiger partial charge is 0.497 e. The fourth-order valence-electron chi connectivity index (χ4n) is 3.59. The van der Waals surface area contributed by atoms with E-state index in [9.17, 15) is 9.90 Å². The molecule has 10 heteroatoms. The van der Waals surface area contributed by atoms with Gasteiger partial charge >= 0.3 is 5.97 Å². The van der Waals surface area contributed by atoms with Crippen molar-refractivity contribution in [1.82, 2.24) is 18.5 Å². The third-order valence-corrected chi connectivity index (χ3v) is 5.73. The van der Waals surface area contributed by atoms with E-state index in [-0.39, 0.29) is 12.2 Å². The number of fused-ring (bicyclic) bond motifs is 1. The maximum Gasteiger partial charge on any atom is 0.354 e. The molecule has 2 aromatic heterocycles. The summed E-state index contributed by atoms with van der Waals surface area (Å²) in [7, 11) is 3.14. The van der Waals surface area contributed by atoms with Gasteiger partial charge in [-0.05, 0) is 36.2 Å². The Morgan fingerprint density at radius 3 is 2.64 bits per heavy atom. The Bertz CT molecular complexity index is 1280. The number of ether oxygens (including phenoxy) is 3. The summed E-state index contributed by atoms with van der Waals surface area (Å²) in [5, 5.41) is 14.6. The summed E-state index contributed by atoms with van der Waals surface area (Å²) in [5.74, 6) is 0.473. The van der Waals surface area contributed by atoms with Gasteiger partial charge in [0.1, 0.15) is 22.5 Å². The fraction of sp³-hybridized carbons (Fsp3) is 0.304. The fourth-order valence-corrected chi connectivity index (χ4v) is 4.11. The molecule has 0 bridgehead atoms. The van der Waals surface area contributed by atoms with Crippen LogP contribution in [0.25, 0.3) is 11.0 Å². The van der Waals surface area contributed by atoms with Gasteiger partial charge in [0.15, 0.2) is 5.69 Å². The molecule has 4 aromatic rings. The van der Waals surface area contributed by atoms with E-state index in [2.05, 4.69) is 13.8 Å². The molecule has 0 radical (unpaired) electrons. The second kappa shape index (κ2) is 9.86. The summed E-state index contributed by atoms with van der Waals surface area (Å²) >= 11 is 1.15. The Morgan fingerprint density at radius 2 is 1.91 bits per heavy atom. The number of rotatable bonds is 10. The lowest BCUT2D eigenvalue weighted by Crippen LogP contribution is -2.13. The Hall–Kier alpha value is -3.66. The Kier molecular flexibility index (Phi) is 6.74. The molecule has 0 aliphatic rings. The topological polar surface area (TPSA) is 109 Å². The van der Waals surface area contributed by atoms with Crippen molar-refractivity contribution in [2.45, 2.75) is 26.3 Å². The number of carboxylic acids is 1. The van der Waals surface area contributed by atoms with Crippen LogP contribution in [-0.4, -0.2) is 50.4 Å². The Balaban J connectivity index is 1.76. The van der Waals surface area contributed by atoms with Crippen molar-refractivity contribution in [1.29, 1.82) is 0 Å². The Labute approximate surface area is 194 Å². The minimum Gasteiger partial charge on any atom is -0.497 e. The zero-order valence-electron chi connectivity index (χ0n) is 18.6. The van der Waals surface area contributed by atoms with E-state index in [0.717, 1.165) is 40.3 Å². The minimum atomic E-state index is -1.08. The summed E-state index contributed by atoms with van der Waals surface area (Å²) in [4.78, 5) is 12.3. The molecule has 0 aliphatic carbocycles. The van der Waals surface area contributed by atoms with Crippen LogP contribution < -0.4 is 14.2 Å². The van der Waals surface area contributed by atoms with E-state index in [0.29, 0.717) is 36.0 Å². The van der Waals surface area contributed by atoms with E-state index < -0.39 is 5.97 Å². The van der Waals surface area contributed by atoms with Crippen LogP contribution in [0.3, 0.4) is 0 Å². The van der Waals surface area contributed by atoms with Crippen LogP contribution in [-0.2, 0) is 13.0 Å². The first-order valence-electron chi connectivity index (χ1n) is 10.4. The van der Waals surface area contributed by atoms with E-state index in [4.69, 9.17) is 14.2 Å². The van der Waals surface area contributed by atoms with Gasteiger partial charge in [0, 0.05) is 18.1 Å². The molecule has 2 heterocycles. The molecular formula is C23H24N4O5S. The third kappa shape index (κ3) is 4.75. The van der Waals surface area contributed by atoms with Crippen molar-refractivity contribution in [2.24, 2.45) is 0 Å². The molecule has 0 atom stereocenters. The van der Waals surface area contributed by atoms with Gasteiger partial charge in [0.2, 0.25) is 5.88 Å². The van der Waals surface area contributed by atoms with Crippen molar-refractivity contribution < 1.29 is 24.1 Å². The maximum absolute atomic E-state index is 12.3. The number of hydrogen-bond donors (Lipinski definition) is 1. The van der Waals surface area contributed by atoms with E-state index in [1.54, 1.807) is 26.4 Å². The number of aromatic carboxylic acids is 1. The summed E-state index contributed by atoms with van der Waals surface area (Å²) < 4.78 is 26.6. The molecule has 9 nitrogen and oxygen atoms in total. The van der Waals surface area contributed by atoms with Crippen LogP contribution in [0.15, 0.2) is 36.4 Å². The van der Waals surface area contributed by atoms with E-state index in [1.807, 2.05) is 31.2 Å². The van der Waals surface area contributed by atoms with Crippen molar-refractivity contribution in [2.75, 3.05) is 20.8 Å². The lowest BCUT2D eigenvalue weighted by Gasteiger charge is -2.11. The summed E-state index contributed by atoms with van der Waals surface area (Å²) in [5.41, 5.74) is 3.86. The van der Waals surface area contributed by atoms with Crippen LogP contribution >= 0.6 is 11.7 Å². The molecule has 0 aliphatic heterocycles. The van der Waals surface area contributed by atoms with Gasteiger partial charge in [-0.25, -0.2) is 9.48 Å². The van der Waals surface area contributed by atoms with Crippen LogP contribution in [0.1, 0.15) is 40.5 Å². The summed E-state index contributed by atoms with van der Waals surface area (Å²) in [6.07, 6.45) is 1.12. The first kappa shape index (κ1) is 22.5. The minimum absolute atomic E-state index is 0.0791. The number of methoxy groups -OCH3 is 2. The maximum atomic E-state index is 12.3. The highest BCUT2D eigenvalue weighted by Crippen LogP contribution is 2.30. The van der Waals surface area contributed by atoms with Crippen LogP contribution in [0.5, 0.6) is 17.4 Å². The van der Waals surface area contributed by atoms with Crippen LogP contribution in [0.4, 0.5) is 0 Å². The van der Waals surface area contributed by atoms with E-state index in [1.165, 1.54) is 4.68 Å². The lowest BCUT2D eigenvalue weighted by atomic mass is 10.0. The molecule has 0 spiro atoms. The molecule has 0 unspecified atom stereocenters. The first-order chi connectivity index (χ1) is 16.0. The number of benzene rings is 2. The van der Waals surface area contributed by atoms with Gasteiger partial charge in [0.25, 0.3) is 0 Å². The summed E-state index contributed by atoms with van der Waals surface area (Å²) in [6, 6.07) is 11.1. The molecule has 2 aromatic carbocycles. The highest BCUT2D eigenvalue weighted by molar-refractivity contribution is 7.00. The standard InChI is InChI=1S/C23H24N4O5S/c1-4-9-32-22-17(10-14-5-8-18-19(11-14)26-33-25-18)21(23(28)29)27(24-22)13-15-6-7-16(30-2)12-20(15)31-3/h5-8,11-12H,4,9-10,13H2,1-3H3,(H,28,29). The molecule has 172 valence electrons. The molecule has 0 saturated heterocycles. The van der Waals surface area contributed by atoms with Gasteiger partial charge in [-0.2, -0.15) is 8.75 Å². The SMILES string of the molecule is CCCOc1nn(Cc2ccc(OC)cc2OC)c(C(=O)O)c1Cc1ccc2nsnc2c1. The summed E-state index contributed by atoms with van der Waals surface area (Å²) in [6.45, 7) is 2.62. The van der Waals surface area contributed by atoms with Crippen LogP contribution in [0.2, 0.25) is 0 Å². The Morgan fingerprint density at radius 1 is 1.09 bits per heavy atom. The smallest absolute Gasteiger partial charge is 0.354 e. The number of carboxylic acid groups (broad SMARTS) is 1. The molecule has 4 rings (SSSR count). The zero-order chi connectivity index (χ0) is 23.4. The van der Waals surface area contributed by atoms with Crippen molar-refractivity contribution in [3.8, 4) is 17.4 Å². The van der Waals surface area contributed by atoms with Gasteiger partial charge in [0.05, 0.1) is 44.7 Å². The molecule has 33 heavy (non-hydrogen) atoms. The second-order valence-corrected chi connectivity index (χ2v) is 7.91. The van der Waals surface area contributed by atoms with Gasteiger partial charge < -0.3 is 19.3 Å². The van der Waals surface area contributed by atoms with E-state index >= 15 is 0 Å². The third-order valence-electron chi connectivity index (χ3n) is 5.17.